The van der Waals surface area contributed by atoms with Crippen LogP contribution in [0.25, 0.3) is 0 Å². The summed E-state index contributed by atoms with van der Waals surface area (Å²) in [5, 5.41) is 4.00. The zero-order chi connectivity index (χ0) is 14.0. The molecule has 2 rings (SSSR count). The third-order valence-corrected chi connectivity index (χ3v) is 4.53. The first-order valence-corrected chi connectivity index (χ1v) is 7.25. The minimum atomic E-state index is -0.450. The van der Waals surface area contributed by atoms with E-state index < -0.39 is 5.54 Å². The van der Waals surface area contributed by atoms with Crippen LogP contribution in [0.5, 0.6) is 0 Å². The Morgan fingerprint density at radius 2 is 2.37 bits per heavy atom. The minimum Gasteiger partial charge on any atom is -0.378 e. The van der Waals surface area contributed by atoms with E-state index in [0.717, 1.165) is 16.4 Å². The average Bonchev–Trinajstić information content (AvgIpc) is 2.76. The fraction of sp³-hybridized carbons (Fsp3) is 0.692. The third-order valence-electron chi connectivity index (χ3n) is 3.29. The highest BCUT2D eigenvalue weighted by atomic mass is 32.1. The molecule has 0 bridgehead atoms. The fourth-order valence-electron chi connectivity index (χ4n) is 2.05. The Morgan fingerprint density at radius 3 is 2.95 bits per heavy atom. The van der Waals surface area contributed by atoms with Crippen molar-refractivity contribution in [2.24, 2.45) is 0 Å². The van der Waals surface area contributed by atoms with Gasteiger partial charge in [0.25, 0.3) is 0 Å². The number of nitrogens with zero attached hydrogens (tertiary/aromatic N) is 2. The predicted molar refractivity (Wildman–Crippen MR) is 75.3 cm³/mol. The van der Waals surface area contributed by atoms with E-state index in [2.05, 4.69) is 10.3 Å². The molecular weight excluding hydrogens is 262 g/mol. The van der Waals surface area contributed by atoms with Crippen LogP contribution in [0.15, 0.2) is 6.20 Å². The van der Waals surface area contributed by atoms with Crippen molar-refractivity contribution < 1.29 is 9.53 Å². The van der Waals surface area contributed by atoms with Crippen molar-refractivity contribution in [1.82, 2.24) is 15.2 Å². The Kier molecular flexibility index (Phi) is 4.23. The molecule has 106 valence electrons. The lowest BCUT2D eigenvalue weighted by atomic mass is 10.1. The van der Waals surface area contributed by atoms with Crippen LogP contribution < -0.4 is 5.32 Å². The van der Waals surface area contributed by atoms with Crippen LogP contribution in [-0.2, 0) is 15.1 Å². The normalized spacial score (nSPS) is 21.4. The van der Waals surface area contributed by atoms with Crippen molar-refractivity contribution >= 4 is 17.2 Å². The smallest absolute Gasteiger partial charge is 0.240 e. The first-order valence-electron chi connectivity index (χ1n) is 6.43. The Morgan fingerprint density at radius 1 is 1.63 bits per heavy atom. The van der Waals surface area contributed by atoms with E-state index in [9.17, 15) is 4.79 Å². The molecule has 0 radical (unpaired) electrons. The molecule has 5 nitrogen and oxygen atoms in total. The number of nitrogens with one attached hydrogen (secondary N) is 1. The molecule has 1 aromatic rings. The van der Waals surface area contributed by atoms with E-state index in [1.807, 2.05) is 38.9 Å². The van der Waals surface area contributed by atoms with Gasteiger partial charge in [0.2, 0.25) is 5.91 Å². The monoisotopic (exact) mass is 283 g/mol. The second-order valence-electron chi connectivity index (χ2n) is 5.46. The van der Waals surface area contributed by atoms with Crippen molar-refractivity contribution in [1.29, 1.82) is 0 Å². The number of hydrogen-bond donors (Lipinski definition) is 1. The highest BCUT2D eigenvalue weighted by Crippen LogP contribution is 2.25. The minimum absolute atomic E-state index is 0.0000491. The summed E-state index contributed by atoms with van der Waals surface area (Å²) in [6.45, 7) is 7.90. The van der Waals surface area contributed by atoms with Gasteiger partial charge in [0.15, 0.2) is 0 Å². The Balaban J connectivity index is 2.05. The van der Waals surface area contributed by atoms with Gasteiger partial charge in [-0.15, -0.1) is 11.3 Å². The molecule has 1 saturated heterocycles. The summed E-state index contributed by atoms with van der Waals surface area (Å²) in [4.78, 5) is 19.9. The molecule has 6 heteroatoms. The summed E-state index contributed by atoms with van der Waals surface area (Å²) >= 11 is 1.61. The van der Waals surface area contributed by atoms with Crippen molar-refractivity contribution in [3.8, 4) is 0 Å². The molecule has 0 spiro atoms. The van der Waals surface area contributed by atoms with Gasteiger partial charge in [-0.3, -0.25) is 9.69 Å². The second-order valence-corrected chi connectivity index (χ2v) is 6.70. The first kappa shape index (κ1) is 14.4. The van der Waals surface area contributed by atoms with Gasteiger partial charge in [-0.2, -0.15) is 0 Å². The number of carbonyl (C=O) groups is 1. The number of ether oxygens (including phenoxy) is 1. The van der Waals surface area contributed by atoms with Crippen LogP contribution >= 0.6 is 11.3 Å². The van der Waals surface area contributed by atoms with Crippen LogP contribution in [0.2, 0.25) is 0 Å². The highest BCUT2D eigenvalue weighted by molar-refractivity contribution is 7.11. The molecule has 1 unspecified atom stereocenters. The molecule has 1 N–H and O–H groups in total. The number of carbonyl (C=O) groups excluding carboxylic acids is 1. The second kappa shape index (κ2) is 5.56. The van der Waals surface area contributed by atoms with Crippen LogP contribution in [-0.4, -0.2) is 48.6 Å². The number of aromatic nitrogens is 1. The summed E-state index contributed by atoms with van der Waals surface area (Å²) in [7, 11) is 1.95. The largest absolute Gasteiger partial charge is 0.378 e. The predicted octanol–water partition coefficient (Wildman–Crippen LogP) is 1.13. The topological polar surface area (TPSA) is 54.5 Å². The maximum absolute atomic E-state index is 12.3. The molecule has 1 aromatic heterocycles. The van der Waals surface area contributed by atoms with Crippen LogP contribution in [0.1, 0.15) is 23.7 Å². The van der Waals surface area contributed by atoms with Crippen molar-refractivity contribution in [2.45, 2.75) is 32.4 Å². The zero-order valence-corrected chi connectivity index (χ0v) is 12.7. The van der Waals surface area contributed by atoms with Crippen LogP contribution in [0.3, 0.4) is 0 Å². The van der Waals surface area contributed by atoms with Crippen molar-refractivity contribution in [3.05, 3.63) is 16.1 Å². The summed E-state index contributed by atoms with van der Waals surface area (Å²) in [5.41, 5.74) is -0.450. The van der Waals surface area contributed by atoms with Gasteiger partial charge >= 0.3 is 0 Å². The Labute approximate surface area is 118 Å². The number of amides is 1. The summed E-state index contributed by atoms with van der Waals surface area (Å²) < 4.78 is 5.38. The van der Waals surface area contributed by atoms with E-state index in [4.69, 9.17) is 4.74 Å². The highest BCUT2D eigenvalue weighted by Gasteiger charge is 2.32. The van der Waals surface area contributed by atoms with E-state index >= 15 is 0 Å². The maximum Gasteiger partial charge on any atom is 0.240 e. The summed E-state index contributed by atoms with van der Waals surface area (Å²) in [5.74, 6) is 0.0000491. The maximum atomic E-state index is 12.3. The quantitative estimate of drug-likeness (QED) is 0.903. The molecule has 2 heterocycles. The van der Waals surface area contributed by atoms with Gasteiger partial charge in [0.05, 0.1) is 18.8 Å². The molecule has 0 aromatic carbocycles. The van der Waals surface area contributed by atoms with Gasteiger partial charge in [-0.25, -0.2) is 4.98 Å². The zero-order valence-electron chi connectivity index (χ0n) is 11.9. The van der Waals surface area contributed by atoms with E-state index in [0.29, 0.717) is 13.2 Å². The third kappa shape index (κ3) is 3.32. The molecule has 0 aliphatic carbocycles. The number of likely N-dealkylation sites (N-methyl/N-ethyl adjacent to an activating group) is 1. The Bertz CT molecular complexity index is 458. The van der Waals surface area contributed by atoms with Gasteiger partial charge < -0.3 is 10.1 Å². The van der Waals surface area contributed by atoms with E-state index in [-0.39, 0.29) is 11.9 Å². The lowest BCUT2D eigenvalue weighted by Crippen LogP contribution is -2.55. The van der Waals surface area contributed by atoms with Gasteiger partial charge in [0, 0.05) is 17.6 Å². The molecule has 19 heavy (non-hydrogen) atoms. The number of rotatable bonds is 3. The molecular formula is C13H21N3O2S. The van der Waals surface area contributed by atoms with Gasteiger partial charge in [0.1, 0.15) is 11.0 Å². The average molecular weight is 283 g/mol. The lowest BCUT2D eigenvalue weighted by molar-refractivity contribution is -0.133. The molecule has 1 aliphatic heterocycles. The van der Waals surface area contributed by atoms with Crippen molar-refractivity contribution in [3.63, 3.8) is 0 Å². The van der Waals surface area contributed by atoms with Crippen LogP contribution in [0.4, 0.5) is 0 Å². The van der Waals surface area contributed by atoms with E-state index in [1.54, 1.807) is 11.3 Å². The molecule has 0 saturated carbocycles. The standard InChI is InChI=1S/C13H21N3O2S/c1-9-7-14-12(19-9)13(2,3)15-11(17)10-8-18-6-5-16(10)4/h7,10H,5-6,8H2,1-4H3,(H,15,17). The first-order chi connectivity index (χ1) is 8.90. The number of thiazole rings is 1. The molecule has 1 amide bonds. The number of hydrogen-bond acceptors (Lipinski definition) is 5. The molecule has 1 fully saturated rings. The Hall–Kier alpha value is -0.980. The molecule has 1 atom stereocenters. The van der Waals surface area contributed by atoms with Crippen molar-refractivity contribution in [2.75, 3.05) is 26.8 Å². The van der Waals surface area contributed by atoms with E-state index in [1.165, 1.54) is 0 Å². The fourth-order valence-corrected chi connectivity index (χ4v) is 2.87. The summed E-state index contributed by atoms with van der Waals surface area (Å²) in [6, 6.07) is -0.214. The van der Waals surface area contributed by atoms with Gasteiger partial charge in [-0.1, -0.05) is 0 Å². The lowest BCUT2D eigenvalue weighted by Gasteiger charge is -2.34. The number of aryl methyl sites for hydroxylation is 1. The number of morpholine rings is 1. The van der Waals surface area contributed by atoms with Gasteiger partial charge in [-0.05, 0) is 27.8 Å². The van der Waals surface area contributed by atoms with Crippen LogP contribution in [0, 0.1) is 6.92 Å². The molecule has 1 aliphatic rings. The summed E-state index contributed by atoms with van der Waals surface area (Å²) in [6.07, 6.45) is 1.84. The SMILES string of the molecule is Cc1cnc(C(C)(C)NC(=O)C2COCCN2C)s1.